The van der Waals surface area contributed by atoms with E-state index in [-0.39, 0.29) is 0 Å². The molecule has 0 spiro atoms. The molecule has 0 aromatic heterocycles. The van der Waals surface area contributed by atoms with E-state index in [1.54, 1.807) is 6.92 Å². The maximum Gasteiger partial charge on any atom is 0.118 e. The summed E-state index contributed by atoms with van der Waals surface area (Å²) in [7, 11) is 1.38. The van der Waals surface area contributed by atoms with Crippen molar-refractivity contribution in [2.75, 3.05) is 7.11 Å². The van der Waals surface area contributed by atoms with Gasteiger partial charge in [0.05, 0.1) is 0 Å². The monoisotopic (exact) mass is 137 g/mol. The molecular formula is C4H9O3S-. The molecule has 0 aliphatic rings. The van der Waals surface area contributed by atoms with Crippen LogP contribution in [0.3, 0.4) is 0 Å². The molecule has 0 rings (SSSR count). The molecular weight excluding hydrogens is 128 g/mol. The molecule has 0 radical (unpaired) electrons. The molecule has 0 bridgehead atoms. The van der Waals surface area contributed by atoms with Crippen LogP contribution in [0.15, 0.2) is 0 Å². The van der Waals surface area contributed by atoms with E-state index in [0.29, 0.717) is 6.42 Å². The molecule has 2 unspecified atom stereocenters. The van der Waals surface area contributed by atoms with Crippen molar-refractivity contribution in [1.82, 2.24) is 0 Å². The predicted molar refractivity (Wildman–Crippen MR) is 30.0 cm³/mol. The molecule has 0 amide bonds. The Morgan fingerprint density at radius 2 is 2.38 bits per heavy atom. The summed E-state index contributed by atoms with van der Waals surface area (Å²) >= 11 is -2.08. The van der Waals surface area contributed by atoms with E-state index < -0.39 is 16.5 Å². The standard InChI is InChI=1S/C4H10O3S/c1-3-4(7-2)8(5)6/h4H,3H2,1-2H3,(H,5,6)/p-1. The highest BCUT2D eigenvalue weighted by Crippen LogP contribution is 1.97. The summed E-state index contributed by atoms with van der Waals surface area (Å²) in [5.41, 5.74) is -0.630. The topological polar surface area (TPSA) is 49.4 Å². The molecule has 0 saturated heterocycles. The van der Waals surface area contributed by atoms with E-state index in [1.807, 2.05) is 0 Å². The second-order valence-corrected chi connectivity index (χ2v) is 2.38. The zero-order valence-corrected chi connectivity index (χ0v) is 5.73. The highest BCUT2D eigenvalue weighted by molar-refractivity contribution is 7.79. The summed E-state index contributed by atoms with van der Waals surface area (Å²) in [4.78, 5) is 0. The first-order chi connectivity index (χ1) is 3.72. The first-order valence-corrected chi connectivity index (χ1v) is 3.47. The predicted octanol–water partition coefficient (Wildman–Crippen LogP) is 0.248. The first kappa shape index (κ1) is 8.07. The van der Waals surface area contributed by atoms with Gasteiger partial charge in [-0.2, -0.15) is 0 Å². The molecule has 0 aliphatic heterocycles. The minimum atomic E-state index is -2.08. The lowest BCUT2D eigenvalue weighted by Crippen LogP contribution is -2.14. The van der Waals surface area contributed by atoms with Crippen molar-refractivity contribution in [3.63, 3.8) is 0 Å². The Hall–Kier alpha value is 0.0700. The summed E-state index contributed by atoms with van der Waals surface area (Å²) in [6, 6.07) is 0. The van der Waals surface area contributed by atoms with Crippen LogP contribution in [0.5, 0.6) is 0 Å². The van der Waals surface area contributed by atoms with Crippen LogP contribution in [0, 0.1) is 0 Å². The Morgan fingerprint density at radius 1 is 1.88 bits per heavy atom. The Morgan fingerprint density at radius 3 is 2.38 bits per heavy atom. The van der Waals surface area contributed by atoms with Crippen LogP contribution in [0.4, 0.5) is 0 Å². The maximum absolute atomic E-state index is 10.0. The van der Waals surface area contributed by atoms with Crippen LogP contribution in [0.25, 0.3) is 0 Å². The van der Waals surface area contributed by atoms with Gasteiger partial charge in [-0.1, -0.05) is 6.92 Å². The van der Waals surface area contributed by atoms with Crippen LogP contribution in [0.2, 0.25) is 0 Å². The molecule has 0 aliphatic carbocycles. The van der Waals surface area contributed by atoms with Gasteiger partial charge in [-0.3, -0.25) is 4.21 Å². The van der Waals surface area contributed by atoms with Crippen LogP contribution in [-0.2, 0) is 15.8 Å². The van der Waals surface area contributed by atoms with Gasteiger partial charge in [0.2, 0.25) is 0 Å². The number of ether oxygens (including phenoxy) is 1. The molecule has 0 N–H and O–H groups in total. The largest absolute Gasteiger partial charge is 0.770 e. The van der Waals surface area contributed by atoms with E-state index >= 15 is 0 Å². The minimum Gasteiger partial charge on any atom is -0.770 e. The van der Waals surface area contributed by atoms with Crippen LogP contribution < -0.4 is 0 Å². The fourth-order valence-electron chi connectivity index (χ4n) is 0.381. The van der Waals surface area contributed by atoms with Crippen LogP contribution >= 0.6 is 0 Å². The molecule has 0 heterocycles. The number of hydrogen-bond donors (Lipinski definition) is 0. The summed E-state index contributed by atoms with van der Waals surface area (Å²) < 4.78 is 24.6. The second kappa shape index (κ2) is 4.00. The van der Waals surface area contributed by atoms with Gasteiger partial charge < -0.3 is 9.29 Å². The zero-order valence-electron chi connectivity index (χ0n) is 4.92. The van der Waals surface area contributed by atoms with Crippen molar-refractivity contribution in [2.24, 2.45) is 0 Å². The van der Waals surface area contributed by atoms with Gasteiger partial charge in [-0.05, 0) is 17.5 Å². The highest BCUT2D eigenvalue weighted by Gasteiger charge is 2.00. The van der Waals surface area contributed by atoms with Crippen molar-refractivity contribution in [3.8, 4) is 0 Å². The van der Waals surface area contributed by atoms with E-state index in [2.05, 4.69) is 4.74 Å². The second-order valence-electron chi connectivity index (χ2n) is 1.33. The average Bonchev–Trinajstić information content (AvgIpc) is 1.69. The molecule has 3 nitrogen and oxygen atoms in total. The van der Waals surface area contributed by atoms with E-state index in [9.17, 15) is 8.76 Å². The maximum atomic E-state index is 10.0. The van der Waals surface area contributed by atoms with Gasteiger partial charge in [0.25, 0.3) is 0 Å². The van der Waals surface area contributed by atoms with Gasteiger partial charge in [0.15, 0.2) is 0 Å². The van der Waals surface area contributed by atoms with Gasteiger partial charge >= 0.3 is 0 Å². The summed E-state index contributed by atoms with van der Waals surface area (Å²) in [5, 5.41) is 0. The zero-order chi connectivity index (χ0) is 6.57. The molecule has 2 atom stereocenters. The molecule has 0 aromatic rings. The van der Waals surface area contributed by atoms with E-state index in [1.165, 1.54) is 7.11 Å². The Balaban J connectivity index is 3.52. The quantitative estimate of drug-likeness (QED) is 0.524. The van der Waals surface area contributed by atoms with E-state index in [4.69, 9.17) is 0 Å². The number of methoxy groups -OCH3 is 1. The SMILES string of the molecule is CCC(OC)S(=O)[O-]. The lowest BCUT2D eigenvalue weighted by atomic mass is 10.5. The molecule has 8 heavy (non-hydrogen) atoms. The average molecular weight is 137 g/mol. The normalized spacial score (nSPS) is 17.9. The first-order valence-electron chi connectivity index (χ1n) is 2.33. The van der Waals surface area contributed by atoms with Crippen molar-refractivity contribution in [2.45, 2.75) is 18.8 Å². The minimum absolute atomic E-state index is 0.507. The van der Waals surface area contributed by atoms with Crippen LogP contribution in [0.1, 0.15) is 13.3 Å². The fraction of sp³-hybridized carbons (Fsp3) is 1.00. The fourth-order valence-corrected chi connectivity index (χ4v) is 0.811. The molecule has 0 aromatic carbocycles. The van der Waals surface area contributed by atoms with Crippen LogP contribution in [-0.4, -0.2) is 21.3 Å². The van der Waals surface area contributed by atoms with Gasteiger partial charge in [0.1, 0.15) is 5.44 Å². The van der Waals surface area contributed by atoms with Gasteiger partial charge in [-0.25, -0.2) is 0 Å². The summed E-state index contributed by atoms with van der Waals surface area (Å²) in [6.45, 7) is 1.75. The molecule has 0 fully saturated rings. The lowest BCUT2D eigenvalue weighted by Gasteiger charge is -2.14. The van der Waals surface area contributed by atoms with Crippen molar-refractivity contribution in [1.29, 1.82) is 0 Å². The van der Waals surface area contributed by atoms with Crippen molar-refractivity contribution in [3.05, 3.63) is 0 Å². The summed E-state index contributed by atoms with van der Waals surface area (Å²) in [5.74, 6) is 0. The Labute approximate surface area is 51.3 Å². The van der Waals surface area contributed by atoms with E-state index in [0.717, 1.165) is 0 Å². The lowest BCUT2D eigenvalue weighted by molar-refractivity contribution is 0.158. The molecule has 0 saturated carbocycles. The Bertz CT molecular complexity index is 79.4. The molecule has 4 heteroatoms. The molecule has 50 valence electrons. The number of rotatable bonds is 3. The highest BCUT2D eigenvalue weighted by atomic mass is 32.2. The number of hydrogen-bond acceptors (Lipinski definition) is 3. The smallest absolute Gasteiger partial charge is 0.118 e. The summed E-state index contributed by atoms with van der Waals surface area (Å²) in [6.07, 6.45) is 0.507. The Kier molecular flexibility index (Phi) is 4.03. The van der Waals surface area contributed by atoms with Crippen molar-refractivity contribution >= 4 is 11.1 Å². The van der Waals surface area contributed by atoms with Gasteiger partial charge in [-0.15, -0.1) is 0 Å². The van der Waals surface area contributed by atoms with Gasteiger partial charge in [0, 0.05) is 7.11 Å². The third kappa shape index (κ3) is 2.40. The van der Waals surface area contributed by atoms with Crippen molar-refractivity contribution < 1.29 is 13.5 Å². The third-order valence-corrected chi connectivity index (χ3v) is 1.77. The third-order valence-electron chi connectivity index (χ3n) is 0.811.